The molecule has 1 aromatic carbocycles. The van der Waals surface area contributed by atoms with Gasteiger partial charge in [-0.1, -0.05) is 31.5 Å². The lowest BCUT2D eigenvalue weighted by Gasteiger charge is -2.29. The van der Waals surface area contributed by atoms with E-state index in [1.54, 1.807) is 0 Å². The number of hydrogen-bond donors (Lipinski definition) is 2. The summed E-state index contributed by atoms with van der Waals surface area (Å²) in [5, 5.41) is 14.1. The van der Waals surface area contributed by atoms with Crippen molar-refractivity contribution in [3.63, 3.8) is 0 Å². The third kappa shape index (κ3) is 6.12. The maximum Gasteiger partial charge on any atom is 0.0765 e. The van der Waals surface area contributed by atoms with Gasteiger partial charge >= 0.3 is 0 Å². The highest BCUT2D eigenvalue weighted by molar-refractivity contribution is 6.30. The molecule has 0 bridgehead atoms. The van der Waals surface area contributed by atoms with E-state index in [1.807, 2.05) is 39.1 Å². The lowest BCUT2D eigenvalue weighted by molar-refractivity contribution is 0.0886. The predicted molar refractivity (Wildman–Crippen MR) is 87.6 cm³/mol. The maximum absolute atomic E-state index is 9.97. The van der Waals surface area contributed by atoms with Crippen molar-refractivity contribution in [1.29, 1.82) is 0 Å². The highest BCUT2D eigenvalue weighted by atomic mass is 35.5. The first-order valence-corrected chi connectivity index (χ1v) is 7.49. The summed E-state index contributed by atoms with van der Waals surface area (Å²) in [5.41, 5.74) is 1.53. The topological polar surface area (TPSA) is 35.5 Å². The third-order valence-corrected chi connectivity index (χ3v) is 3.19. The van der Waals surface area contributed by atoms with E-state index in [2.05, 4.69) is 24.1 Å². The fraction of sp³-hybridized carbons (Fsp3) is 0.625. The summed E-state index contributed by atoms with van der Waals surface area (Å²) >= 11 is 6.11. The number of aliphatic hydroxyl groups is 1. The van der Waals surface area contributed by atoms with Crippen molar-refractivity contribution in [3.05, 3.63) is 28.8 Å². The molecule has 0 atom stereocenters. The summed E-state index contributed by atoms with van der Waals surface area (Å²) in [6.07, 6.45) is 0. The van der Waals surface area contributed by atoms with Crippen molar-refractivity contribution in [2.24, 2.45) is 5.92 Å². The summed E-state index contributed by atoms with van der Waals surface area (Å²) < 4.78 is 0. The van der Waals surface area contributed by atoms with Crippen molar-refractivity contribution >= 4 is 17.3 Å². The van der Waals surface area contributed by atoms with Crippen LogP contribution in [0, 0.1) is 5.92 Å². The van der Waals surface area contributed by atoms with Crippen molar-refractivity contribution < 1.29 is 5.11 Å². The number of anilines is 1. The van der Waals surface area contributed by atoms with Gasteiger partial charge in [-0.25, -0.2) is 0 Å². The van der Waals surface area contributed by atoms with Crippen LogP contribution in [0.15, 0.2) is 18.2 Å². The molecule has 1 rings (SSSR count). The molecule has 0 aliphatic rings. The Morgan fingerprint density at radius 2 is 2.00 bits per heavy atom. The minimum absolute atomic E-state index is 0.560. The zero-order valence-electron chi connectivity index (χ0n) is 13.2. The molecule has 0 fully saturated rings. The Morgan fingerprint density at radius 3 is 2.55 bits per heavy atom. The van der Waals surface area contributed by atoms with Crippen LogP contribution in [-0.4, -0.2) is 30.8 Å². The Balaban J connectivity index is 2.84. The first-order valence-electron chi connectivity index (χ1n) is 7.11. The molecule has 1 aromatic rings. The summed E-state index contributed by atoms with van der Waals surface area (Å²) in [7, 11) is 1.98. The Hall–Kier alpha value is -0.770. The van der Waals surface area contributed by atoms with E-state index in [-0.39, 0.29) is 0 Å². The number of nitrogens with zero attached hydrogens (tertiary/aromatic N) is 1. The average Bonchev–Trinajstić information content (AvgIpc) is 2.28. The van der Waals surface area contributed by atoms with E-state index in [4.69, 9.17) is 11.6 Å². The van der Waals surface area contributed by atoms with Crippen LogP contribution in [0.2, 0.25) is 5.02 Å². The molecule has 4 heteroatoms. The fourth-order valence-electron chi connectivity index (χ4n) is 2.20. The molecule has 0 heterocycles. The van der Waals surface area contributed by atoms with Crippen LogP contribution in [-0.2, 0) is 6.54 Å². The Labute approximate surface area is 127 Å². The Morgan fingerprint density at radius 1 is 1.35 bits per heavy atom. The molecule has 2 N–H and O–H groups in total. The third-order valence-electron chi connectivity index (χ3n) is 2.95. The van der Waals surface area contributed by atoms with E-state index in [9.17, 15) is 5.11 Å². The predicted octanol–water partition coefficient (Wildman–Crippen LogP) is 3.29. The number of rotatable bonds is 7. The molecule has 0 amide bonds. The molecule has 0 aromatic heterocycles. The first kappa shape index (κ1) is 17.3. The lowest BCUT2D eigenvalue weighted by atomic mass is 10.1. The number of likely N-dealkylation sites (N-methyl/N-ethyl adjacent to an activating group) is 1. The Kier molecular flexibility index (Phi) is 6.31. The molecule has 0 saturated carbocycles. The Bertz CT molecular complexity index is 427. The second-order valence-electron chi connectivity index (χ2n) is 6.47. The minimum Gasteiger partial charge on any atom is -0.389 e. The van der Waals surface area contributed by atoms with Crippen molar-refractivity contribution in [1.82, 2.24) is 5.32 Å². The smallest absolute Gasteiger partial charge is 0.0765 e. The minimum atomic E-state index is -0.736. The van der Waals surface area contributed by atoms with Gasteiger partial charge in [0.05, 0.1) is 5.60 Å². The number of hydrogen-bond acceptors (Lipinski definition) is 3. The molecule has 0 aliphatic heterocycles. The first-order chi connectivity index (χ1) is 9.19. The van der Waals surface area contributed by atoms with Crippen LogP contribution >= 0.6 is 11.6 Å². The molecule has 0 saturated heterocycles. The van der Waals surface area contributed by atoms with Crippen LogP contribution in [0.4, 0.5) is 5.69 Å². The van der Waals surface area contributed by atoms with Gasteiger partial charge in [-0.3, -0.25) is 0 Å². The zero-order chi connectivity index (χ0) is 15.3. The lowest BCUT2D eigenvalue weighted by Crippen LogP contribution is -2.37. The fourth-order valence-corrected chi connectivity index (χ4v) is 2.37. The van der Waals surface area contributed by atoms with Gasteiger partial charge in [0, 0.05) is 30.8 Å². The normalized spacial score (nSPS) is 12.0. The molecule has 0 unspecified atom stereocenters. The highest BCUT2D eigenvalue weighted by Crippen LogP contribution is 2.25. The summed E-state index contributed by atoms with van der Waals surface area (Å²) in [6, 6.07) is 5.92. The average molecular weight is 299 g/mol. The SMILES string of the molecule is CC(C)CNCc1ccc(Cl)cc1N(C)CC(C)(C)O. The van der Waals surface area contributed by atoms with Gasteiger partial charge in [-0.05, 0) is 44.0 Å². The maximum atomic E-state index is 9.97. The molecule has 3 nitrogen and oxygen atoms in total. The van der Waals surface area contributed by atoms with Crippen molar-refractivity contribution in [3.8, 4) is 0 Å². The van der Waals surface area contributed by atoms with Crippen LogP contribution in [0.1, 0.15) is 33.3 Å². The van der Waals surface area contributed by atoms with Crippen LogP contribution in [0.3, 0.4) is 0 Å². The van der Waals surface area contributed by atoms with Crippen LogP contribution in [0.5, 0.6) is 0 Å². The van der Waals surface area contributed by atoms with Gasteiger partial charge in [0.15, 0.2) is 0 Å². The van der Waals surface area contributed by atoms with E-state index in [1.165, 1.54) is 5.56 Å². The second-order valence-corrected chi connectivity index (χ2v) is 6.90. The van der Waals surface area contributed by atoms with Gasteiger partial charge in [-0.2, -0.15) is 0 Å². The summed E-state index contributed by atoms with van der Waals surface area (Å²) in [4.78, 5) is 2.05. The van der Waals surface area contributed by atoms with Gasteiger partial charge in [0.2, 0.25) is 0 Å². The molecule has 0 aliphatic carbocycles. The van der Waals surface area contributed by atoms with E-state index >= 15 is 0 Å². The molecular weight excluding hydrogens is 272 g/mol. The van der Waals surface area contributed by atoms with E-state index in [0.717, 1.165) is 23.8 Å². The molecule has 0 spiro atoms. The monoisotopic (exact) mass is 298 g/mol. The van der Waals surface area contributed by atoms with Crippen LogP contribution < -0.4 is 10.2 Å². The standard InChI is InChI=1S/C16H27ClN2O/c1-12(2)9-18-10-13-6-7-14(17)8-15(13)19(5)11-16(3,4)20/h6-8,12,18,20H,9-11H2,1-5H3. The van der Waals surface area contributed by atoms with Gasteiger partial charge < -0.3 is 15.3 Å². The molecule has 114 valence electrons. The number of benzene rings is 1. The van der Waals surface area contributed by atoms with E-state index in [0.29, 0.717) is 12.5 Å². The second kappa shape index (κ2) is 7.30. The van der Waals surface area contributed by atoms with Crippen LogP contribution in [0.25, 0.3) is 0 Å². The van der Waals surface area contributed by atoms with E-state index < -0.39 is 5.60 Å². The van der Waals surface area contributed by atoms with Gasteiger partial charge in [0.25, 0.3) is 0 Å². The summed E-state index contributed by atoms with van der Waals surface area (Å²) in [6.45, 7) is 10.4. The number of nitrogens with one attached hydrogen (secondary N) is 1. The molecule has 0 radical (unpaired) electrons. The molecule has 20 heavy (non-hydrogen) atoms. The number of halogens is 1. The zero-order valence-corrected chi connectivity index (χ0v) is 14.0. The molecular formula is C16H27ClN2O. The quantitative estimate of drug-likeness (QED) is 0.811. The van der Waals surface area contributed by atoms with Gasteiger partial charge in [-0.15, -0.1) is 0 Å². The summed E-state index contributed by atoms with van der Waals surface area (Å²) in [5.74, 6) is 0.625. The van der Waals surface area contributed by atoms with Gasteiger partial charge in [0.1, 0.15) is 0 Å². The van der Waals surface area contributed by atoms with Crippen molar-refractivity contribution in [2.45, 2.75) is 39.8 Å². The highest BCUT2D eigenvalue weighted by Gasteiger charge is 2.18. The largest absolute Gasteiger partial charge is 0.389 e. The van der Waals surface area contributed by atoms with Crippen molar-refractivity contribution in [2.75, 3.05) is 25.0 Å².